The van der Waals surface area contributed by atoms with E-state index in [9.17, 15) is 4.79 Å². The SMILES string of the molecule is CCOc1cc(C(=O)NC(C)CCCC(C)C)ccc1OCc1cccnc1. The van der Waals surface area contributed by atoms with Crippen LogP contribution in [0.2, 0.25) is 0 Å². The first-order valence-electron chi connectivity index (χ1n) is 10.1. The molecule has 0 saturated carbocycles. The van der Waals surface area contributed by atoms with Gasteiger partial charge in [-0.05, 0) is 50.5 Å². The van der Waals surface area contributed by atoms with Crippen LogP contribution < -0.4 is 14.8 Å². The number of benzene rings is 1. The number of carbonyl (C=O) groups excluding carboxylic acids is 1. The van der Waals surface area contributed by atoms with Crippen LogP contribution >= 0.6 is 0 Å². The number of pyridine rings is 1. The maximum absolute atomic E-state index is 12.6. The van der Waals surface area contributed by atoms with Gasteiger partial charge in [-0.1, -0.05) is 32.8 Å². The smallest absolute Gasteiger partial charge is 0.251 e. The Morgan fingerprint density at radius 3 is 2.61 bits per heavy atom. The summed E-state index contributed by atoms with van der Waals surface area (Å²) in [6.07, 6.45) is 6.77. The van der Waals surface area contributed by atoms with Crippen LogP contribution in [0.4, 0.5) is 0 Å². The van der Waals surface area contributed by atoms with Crippen LogP contribution in [0.25, 0.3) is 0 Å². The minimum Gasteiger partial charge on any atom is -0.490 e. The van der Waals surface area contributed by atoms with Gasteiger partial charge in [0.15, 0.2) is 11.5 Å². The molecular formula is C23H32N2O3. The van der Waals surface area contributed by atoms with E-state index in [1.165, 1.54) is 6.42 Å². The molecule has 152 valence electrons. The monoisotopic (exact) mass is 384 g/mol. The molecule has 0 spiro atoms. The van der Waals surface area contributed by atoms with Crippen molar-refractivity contribution in [2.75, 3.05) is 6.61 Å². The first kappa shape index (κ1) is 21.7. The van der Waals surface area contributed by atoms with Gasteiger partial charge in [-0.25, -0.2) is 0 Å². The van der Waals surface area contributed by atoms with Gasteiger partial charge in [0, 0.05) is 29.6 Å². The van der Waals surface area contributed by atoms with Crippen molar-refractivity contribution in [3.05, 3.63) is 53.9 Å². The number of nitrogens with one attached hydrogen (secondary N) is 1. The number of nitrogens with zero attached hydrogens (tertiary/aromatic N) is 1. The Morgan fingerprint density at radius 2 is 1.93 bits per heavy atom. The number of carbonyl (C=O) groups is 1. The number of hydrogen-bond acceptors (Lipinski definition) is 4. The van der Waals surface area contributed by atoms with Crippen molar-refractivity contribution in [3.63, 3.8) is 0 Å². The maximum atomic E-state index is 12.6. The number of aromatic nitrogens is 1. The van der Waals surface area contributed by atoms with Crippen LogP contribution in [-0.4, -0.2) is 23.5 Å². The molecule has 1 unspecified atom stereocenters. The molecule has 5 heteroatoms. The number of rotatable bonds is 11. The molecule has 0 saturated heterocycles. The highest BCUT2D eigenvalue weighted by molar-refractivity contribution is 5.95. The Bertz CT molecular complexity index is 732. The predicted octanol–water partition coefficient (Wildman–Crippen LogP) is 5.00. The highest BCUT2D eigenvalue weighted by Crippen LogP contribution is 2.29. The quantitative estimate of drug-likeness (QED) is 0.592. The Balaban J connectivity index is 1.99. The fourth-order valence-electron chi connectivity index (χ4n) is 2.89. The van der Waals surface area contributed by atoms with Gasteiger partial charge in [0.2, 0.25) is 0 Å². The van der Waals surface area contributed by atoms with Gasteiger partial charge in [0.1, 0.15) is 6.61 Å². The maximum Gasteiger partial charge on any atom is 0.251 e. The molecule has 2 aromatic rings. The molecule has 1 N–H and O–H groups in total. The molecule has 1 heterocycles. The van der Waals surface area contributed by atoms with Crippen molar-refractivity contribution in [3.8, 4) is 11.5 Å². The van der Waals surface area contributed by atoms with Crippen LogP contribution in [0, 0.1) is 5.92 Å². The van der Waals surface area contributed by atoms with Crippen LogP contribution in [0.3, 0.4) is 0 Å². The fraction of sp³-hybridized carbons (Fsp3) is 0.478. The molecule has 1 aromatic heterocycles. The van der Waals surface area contributed by atoms with E-state index in [4.69, 9.17) is 9.47 Å². The number of hydrogen-bond donors (Lipinski definition) is 1. The Morgan fingerprint density at radius 1 is 1.11 bits per heavy atom. The Kier molecular flexibility index (Phi) is 8.79. The summed E-state index contributed by atoms with van der Waals surface area (Å²) in [6, 6.07) is 9.28. The average molecular weight is 385 g/mol. The van der Waals surface area contributed by atoms with E-state index in [0.717, 1.165) is 18.4 Å². The van der Waals surface area contributed by atoms with Crippen LogP contribution in [0.1, 0.15) is 62.9 Å². The lowest BCUT2D eigenvalue weighted by Gasteiger charge is -2.16. The molecule has 1 atom stereocenters. The largest absolute Gasteiger partial charge is 0.490 e. The molecule has 5 nitrogen and oxygen atoms in total. The average Bonchev–Trinajstić information content (AvgIpc) is 2.67. The van der Waals surface area contributed by atoms with Gasteiger partial charge in [-0.15, -0.1) is 0 Å². The van der Waals surface area contributed by atoms with Crippen molar-refractivity contribution in [2.24, 2.45) is 5.92 Å². The molecule has 1 aromatic carbocycles. The first-order chi connectivity index (χ1) is 13.5. The highest BCUT2D eigenvalue weighted by Gasteiger charge is 2.14. The third-order valence-corrected chi connectivity index (χ3v) is 4.42. The van der Waals surface area contributed by atoms with Gasteiger partial charge >= 0.3 is 0 Å². The second-order valence-electron chi connectivity index (χ2n) is 7.44. The zero-order valence-electron chi connectivity index (χ0n) is 17.4. The minimum absolute atomic E-state index is 0.0863. The summed E-state index contributed by atoms with van der Waals surface area (Å²) >= 11 is 0. The molecule has 0 bridgehead atoms. The third-order valence-electron chi connectivity index (χ3n) is 4.42. The van der Waals surface area contributed by atoms with Crippen molar-refractivity contribution in [1.82, 2.24) is 10.3 Å². The second kappa shape index (κ2) is 11.3. The normalized spacial score (nSPS) is 11.9. The zero-order chi connectivity index (χ0) is 20.4. The van der Waals surface area contributed by atoms with E-state index >= 15 is 0 Å². The van der Waals surface area contributed by atoms with Crippen molar-refractivity contribution in [2.45, 2.75) is 59.6 Å². The summed E-state index contributed by atoms with van der Waals surface area (Å²) in [4.78, 5) is 16.7. The molecule has 2 rings (SSSR count). The van der Waals surface area contributed by atoms with Gasteiger partial charge < -0.3 is 14.8 Å². The zero-order valence-corrected chi connectivity index (χ0v) is 17.4. The molecule has 0 aliphatic rings. The van der Waals surface area contributed by atoms with Crippen molar-refractivity contribution >= 4 is 5.91 Å². The van der Waals surface area contributed by atoms with Gasteiger partial charge in [-0.3, -0.25) is 9.78 Å². The highest BCUT2D eigenvalue weighted by atomic mass is 16.5. The van der Waals surface area contributed by atoms with Crippen LogP contribution in [0.15, 0.2) is 42.7 Å². The lowest BCUT2D eigenvalue weighted by Crippen LogP contribution is -2.32. The van der Waals surface area contributed by atoms with Crippen molar-refractivity contribution < 1.29 is 14.3 Å². The van der Waals surface area contributed by atoms with E-state index in [0.29, 0.717) is 36.2 Å². The van der Waals surface area contributed by atoms with Gasteiger partial charge in [-0.2, -0.15) is 0 Å². The molecule has 0 aliphatic carbocycles. The summed E-state index contributed by atoms with van der Waals surface area (Å²) in [5.41, 5.74) is 1.55. The molecule has 28 heavy (non-hydrogen) atoms. The predicted molar refractivity (Wildman–Crippen MR) is 112 cm³/mol. The third kappa shape index (κ3) is 7.22. The minimum atomic E-state index is -0.0863. The first-order valence-corrected chi connectivity index (χ1v) is 10.1. The Hall–Kier alpha value is -2.56. The Labute approximate surface area is 168 Å². The summed E-state index contributed by atoms with van der Waals surface area (Å²) in [5, 5.41) is 3.07. The standard InChI is InChI=1S/C23H32N2O3/c1-5-27-22-14-20(23(26)25-18(4)9-6-8-17(2)3)11-12-21(22)28-16-19-10-7-13-24-15-19/h7,10-15,17-18H,5-6,8-9,16H2,1-4H3,(H,25,26). The van der Waals surface area contributed by atoms with Gasteiger partial charge in [0.25, 0.3) is 5.91 Å². The number of amides is 1. The van der Waals surface area contributed by atoms with E-state index in [1.807, 2.05) is 26.0 Å². The lowest BCUT2D eigenvalue weighted by molar-refractivity contribution is 0.0937. The van der Waals surface area contributed by atoms with E-state index in [-0.39, 0.29) is 11.9 Å². The molecule has 0 aliphatic heterocycles. The summed E-state index contributed by atoms with van der Waals surface area (Å²) < 4.78 is 11.6. The topological polar surface area (TPSA) is 60.5 Å². The van der Waals surface area contributed by atoms with Crippen molar-refractivity contribution in [1.29, 1.82) is 0 Å². The van der Waals surface area contributed by atoms with E-state index in [1.54, 1.807) is 30.6 Å². The molecule has 0 radical (unpaired) electrons. The molecule has 1 amide bonds. The summed E-state index contributed by atoms with van der Waals surface area (Å²) in [7, 11) is 0. The number of ether oxygens (including phenoxy) is 2. The molecule has 0 fully saturated rings. The van der Waals surface area contributed by atoms with E-state index < -0.39 is 0 Å². The summed E-state index contributed by atoms with van der Waals surface area (Å²) in [5.74, 6) is 1.80. The van der Waals surface area contributed by atoms with Crippen LogP contribution in [-0.2, 0) is 6.61 Å². The second-order valence-corrected chi connectivity index (χ2v) is 7.44. The van der Waals surface area contributed by atoms with E-state index in [2.05, 4.69) is 24.1 Å². The fourth-order valence-corrected chi connectivity index (χ4v) is 2.89. The molecular weight excluding hydrogens is 352 g/mol. The lowest BCUT2D eigenvalue weighted by atomic mass is 10.0. The van der Waals surface area contributed by atoms with Gasteiger partial charge in [0.05, 0.1) is 6.61 Å². The summed E-state index contributed by atoms with van der Waals surface area (Å²) in [6.45, 7) is 9.29. The van der Waals surface area contributed by atoms with Crippen LogP contribution in [0.5, 0.6) is 11.5 Å².